The van der Waals surface area contributed by atoms with Crippen LogP contribution in [0.3, 0.4) is 0 Å². The standard InChI is InChI=1S/C13H9F5N6O2/c14-12(15)11(25)10(24-5-20-22-23-24)9-4-19-8-3-6(26-13(16,17)18)1-2-7(8)21-9/h1-5,10-12,25H. The highest BCUT2D eigenvalue weighted by Gasteiger charge is 2.33. The van der Waals surface area contributed by atoms with Crippen molar-refractivity contribution in [2.24, 2.45) is 0 Å². The van der Waals surface area contributed by atoms with Crippen LogP contribution in [0.4, 0.5) is 22.0 Å². The van der Waals surface area contributed by atoms with Gasteiger partial charge in [0, 0.05) is 6.07 Å². The van der Waals surface area contributed by atoms with E-state index in [9.17, 15) is 27.1 Å². The first-order chi connectivity index (χ1) is 12.2. The number of aliphatic hydroxyl groups is 1. The number of hydrogen-bond acceptors (Lipinski definition) is 7. The van der Waals surface area contributed by atoms with Gasteiger partial charge in [0.1, 0.15) is 24.2 Å². The van der Waals surface area contributed by atoms with Gasteiger partial charge in [-0.15, -0.1) is 18.3 Å². The zero-order valence-corrected chi connectivity index (χ0v) is 12.5. The van der Waals surface area contributed by atoms with Gasteiger partial charge >= 0.3 is 6.36 Å². The van der Waals surface area contributed by atoms with Gasteiger partial charge in [-0.1, -0.05) is 0 Å². The van der Waals surface area contributed by atoms with Gasteiger partial charge in [-0.05, 0) is 22.6 Å². The molecule has 1 aromatic carbocycles. The van der Waals surface area contributed by atoms with Gasteiger partial charge in [-0.25, -0.2) is 18.4 Å². The van der Waals surface area contributed by atoms with Crippen LogP contribution < -0.4 is 4.74 Å². The number of tetrazole rings is 1. The first-order valence-corrected chi connectivity index (χ1v) is 6.96. The maximum absolute atomic E-state index is 13.0. The number of alkyl halides is 5. The molecule has 0 saturated heterocycles. The van der Waals surface area contributed by atoms with E-state index in [0.29, 0.717) is 0 Å². The molecule has 0 amide bonds. The fourth-order valence-corrected chi connectivity index (χ4v) is 2.25. The molecule has 2 aromatic heterocycles. The molecule has 0 aliphatic carbocycles. The average Bonchev–Trinajstić information content (AvgIpc) is 3.07. The van der Waals surface area contributed by atoms with Crippen molar-refractivity contribution in [3.8, 4) is 5.75 Å². The Balaban J connectivity index is 2.00. The molecule has 0 radical (unpaired) electrons. The second kappa shape index (κ2) is 6.74. The smallest absolute Gasteiger partial charge is 0.406 e. The summed E-state index contributed by atoms with van der Waals surface area (Å²) in [5.74, 6) is -0.503. The van der Waals surface area contributed by atoms with Gasteiger partial charge in [0.05, 0.1) is 22.9 Å². The lowest BCUT2D eigenvalue weighted by Crippen LogP contribution is -2.32. The van der Waals surface area contributed by atoms with Crippen molar-refractivity contribution in [2.45, 2.75) is 24.9 Å². The third kappa shape index (κ3) is 3.82. The van der Waals surface area contributed by atoms with E-state index in [1.165, 1.54) is 6.07 Å². The number of rotatable bonds is 5. The van der Waals surface area contributed by atoms with E-state index in [4.69, 9.17) is 0 Å². The monoisotopic (exact) mass is 376 g/mol. The van der Waals surface area contributed by atoms with Crippen molar-refractivity contribution in [1.29, 1.82) is 0 Å². The van der Waals surface area contributed by atoms with Crippen LogP contribution in [0.15, 0.2) is 30.7 Å². The second-order valence-electron chi connectivity index (χ2n) is 5.05. The Labute approximate surface area is 141 Å². The molecule has 0 saturated carbocycles. The van der Waals surface area contributed by atoms with Crippen LogP contribution in [0.1, 0.15) is 11.7 Å². The molecule has 3 rings (SSSR count). The van der Waals surface area contributed by atoms with Crippen molar-refractivity contribution >= 4 is 11.0 Å². The molecule has 0 aliphatic heterocycles. The van der Waals surface area contributed by atoms with E-state index in [1.807, 2.05) is 0 Å². The number of aromatic nitrogens is 6. The quantitative estimate of drug-likeness (QED) is 0.677. The molecule has 1 N–H and O–H groups in total. The van der Waals surface area contributed by atoms with Crippen LogP contribution in [-0.4, -0.2) is 54.2 Å². The Morgan fingerprint density at radius 1 is 1.15 bits per heavy atom. The number of hydrogen-bond donors (Lipinski definition) is 1. The molecule has 2 unspecified atom stereocenters. The number of benzene rings is 1. The SMILES string of the molecule is OC(C(F)F)C(c1cnc2cc(OC(F)(F)F)ccc2n1)n1cnnn1. The van der Waals surface area contributed by atoms with E-state index in [2.05, 4.69) is 30.2 Å². The summed E-state index contributed by atoms with van der Waals surface area (Å²) in [5, 5.41) is 19.9. The summed E-state index contributed by atoms with van der Waals surface area (Å²) in [4.78, 5) is 7.96. The molecule has 2 heterocycles. The number of halogens is 5. The average molecular weight is 376 g/mol. The molecule has 138 valence electrons. The van der Waals surface area contributed by atoms with Crippen molar-refractivity contribution in [3.05, 3.63) is 36.4 Å². The van der Waals surface area contributed by atoms with Crippen molar-refractivity contribution < 1.29 is 31.8 Å². The van der Waals surface area contributed by atoms with Crippen LogP contribution in [0, 0.1) is 0 Å². The van der Waals surface area contributed by atoms with Crippen LogP contribution in [0.25, 0.3) is 11.0 Å². The molecular formula is C13H9F5N6O2. The van der Waals surface area contributed by atoms with Gasteiger partial charge in [-0.2, -0.15) is 0 Å². The molecular weight excluding hydrogens is 367 g/mol. The normalized spacial score (nSPS) is 14.6. The Morgan fingerprint density at radius 3 is 2.54 bits per heavy atom. The van der Waals surface area contributed by atoms with E-state index >= 15 is 0 Å². The fourth-order valence-electron chi connectivity index (χ4n) is 2.25. The highest BCUT2D eigenvalue weighted by molar-refractivity contribution is 5.75. The van der Waals surface area contributed by atoms with Crippen LogP contribution in [-0.2, 0) is 0 Å². The van der Waals surface area contributed by atoms with Gasteiger partial charge in [0.15, 0.2) is 0 Å². The van der Waals surface area contributed by atoms with Gasteiger partial charge in [0.25, 0.3) is 6.43 Å². The molecule has 3 aromatic rings. The summed E-state index contributed by atoms with van der Waals surface area (Å²) in [5.41, 5.74) is 0.0520. The first kappa shape index (κ1) is 17.8. The lowest BCUT2D eigenvalue weighted by atomic mass is 10.1. The Bertz CT molecular complexity index is 888. The maximum Gasteiger partial charge on any atom is 0.573 e. The van der Waals surface area contributed by atoms with Crippen molar-refractivity contribution in [3.63, 3.8) is 0 Å². The first-order valence-electron chi connectivity index (χ1n) is 6.96. The number of aliphatic hydroxyl groups excluding tert-OH is 1. The zero-order valence-electron chi connectivity index (χ0n) is 12.5. The number of nitrogens with zero attached hydrogens (tertiary/aromatic N) is 6. The minimum Gasteiger partial charge on any atom is -0.406 e. The second-order valence-corrected chi connectivity index (χ2v) is 5.05. The Kier molecular flexibility index (Phi) is 4.63. The highest BCUT2D eigenvalue weighted by atomic mass is 19.4. The summed E-state index contributed by atoms with van der Waals surface area (Å²) in [7, 11) is 0. The van der Waals surface area contributed by atoms with Gasteiger partial charge < -0.3 is 9.84 Å². The van der Waals surface area contributed by atoms with Crippen molar-refractivity contribution in [2.75, 3.05) is 0 Å². The summed E-state index contributed by atoms with van der Waals surface area (Å²) in [6.45, 7) is 0. The molecule has 0 fully saturated rings. The van der Waals surface area contributed by atoms with Gasteiger partial charge in [-0.3, -0.25) is 4.98 Å². The summed E-state index contributed by atoms with van der Waals surface area (Å²) < 4.78 is 67.4. The van der Waals surface area contributed by atoms with Crippen LogP contribution in [0.5, 0.6) is 5.75 Å². The zero-order chi connectivity index (χ0) is 18.9. The van der Waals surface area contributed by atoms with Crippen LogP contribution >= 0.6 is 0 Å². The third-order valence-corrected chi connectivity index (χ3v) is 3.30. The van der Waals surface area contributed by atoms with E-state index in [0.717, 1.165) is 29.3 Å². The lowest BCUT2D eigenvalue weighted by Gasteiger charge is -2.21. The Hall–Kier alpha value is -2.96. The molecule has 8 nitrogen and oxygen atoms in total. The molecule has 0 bridgehead atoms. The lowest BCUT2D eigenvalue weighted by molar-refractivity contribution is -0.274. The fraction of sp³-hybridized carbons (Fsp3) is 0.308. The van der Waals surface area contributed by atoms with E-state index in [-0.39, 0.29) is 16.7 Å². The number of fused-ring (bicyclic) bond motifs is 1. The maximum atomic E-state index is 13.0. The summed E-state index contributed by atoms with van der Waals surface area (Å²) in [6, 6.07) is 1.74. The summed E-state index contributed by atoms with van der Waals surface area (Å²) >= 11 is 0. The topological polar surface area (TPSA) is 98.8 Å². The van der Waals surface area contributed by atoms with Crippen LogP contribution in [0.2, 0.25) is 0 Å². The predicted octanol–water partition coefficient (Wildman–Crippen LogP) is 1.73. The minimum absolute atomic E-state index is 0.0394. The third-order valence-electron chi connectivity index (χ3n) is 3.30. The molecule has 2 atom stereocenters. The van der Waals surface area contributed by atoms with Gasteiger partial charge in [0.2, 0.25) is 0 Å². The molecule has 26 heavy (non-hydrogen) atoms. The summed E-state index contributed by atoms with van der Waals surface area (Å²) in [6.07, 6.45) is -8.12. The molecule has 0 spiro atoms. The largest absolute Gasteiger partial charge is 0.573 e. The van der Waals surface area contributed by atoms with E-state index in [1.54, 1.807) is 0 Å². The molecule has 13 heteroatoms. The van der Waals surface area contributed by atoms with E-state index < -0.39 is 30.7 Å². The Morgan fingerprint density at radius 2 is 1.92 bits per heavy atom. The highest BCUT2D eigenvalue weighted by Crippen LogP contribution is 2.27. The number of ether oxygens (including phenoxy) is 1. The minimum atomic E-state index is -4.87. The molecule has 0 aliphatic rings. The predicted molar refractivity (Wildman–Crippen MR) is 74.2 cm³/mol. The van der Waals surface area contributed by atoms with Crippen molar-refractivity contribution in [1.82, 2.24) is 30.2 Å².